The fraction of sp³-hybridized carbons (Fsp3) is 0.700. The van der Waals surface area contributed by atoms with Gasteiger partial charge in [-0.05, 0) is 6.42 Å². The van der Waals surface area contributed by atoms with E-state index in [0.29, 0.717) is 0 Å². The number of nitrogens with one attached hydrogen (secondary N) is 1. The van der Waals surface area contributed by atoms with Crippen LogP contribution in [-0.2, 0) is 7.05 Å². The summed E-state index contributed by atoms with van der Waals surface area (Å²) in [5.41, 5.74) is 1.08. The fourth-order valence-corrected chi connectivity index (χ4v) is 1.52. The van der Waals surface area contributed by atoms with E-state index >= 15 is 0 Å². The van der Waals surface area contributed by atoms with Crippen molar-refractivity contribution in [3.8, 4) is 0 Å². The third-order valence-corrected chi connectivity index (χ3v) is 2.41. The molecule has 86 valence electrons. The molecule has 0 saturated heterocycles. The summed E-state index contributed by atoms with van der Waals surface area (Å²) in [6, 6.07) is -0.141. The van der Waals surface area contributed by atoms with Crippen molar-refractivity contribution in [2.75, 3.05) is 13.2 Å². The maximum atomic E-state index is 8.98. The summed E-state index contributed by atoms with van der Waals surface area (Å²) in [7, 11) is 1.87. The molecule has 0 saturated carbocycles. The van der Waals surface area contributed by atoms with E-state index in [1.807, 2.05) is 13.2 Å². The quantitative estimate of drug-likeness (QED) is 0.613. The molecular weight excluding hydrogens is 194 g/mol. The van der Waals surface area contributed by atoms with Crippen LogP contribution in [-0.4, -0.2) is 39.2 Å². The van der Waals surface area contributed by atoms with Gasteiger partial charge in [-0.2, -0.15) is 5.10 Å². The maximum absolute atomic E-state index is 8.98. The van der Waals surface area contributed by atoms with Gasteiger partial charge in [0, 0.05) is 24.8 Å². The number of hydrogen-bond donors (Lipinski definition) is 3. The largest absolute Gasteiger partial charge is 0.395 e. The van der Waals surface area contributed by atoms with E-state index in [2.05, 4.69) is 17.3 Å². The first-order chi connectivity index (χ1) is 7.21. The van der Waals surface area contributed by atoms with E-state index in [9.17, 15) is 0 Å². The number of aliphatic hydroxyl groups is 2. The van der Waals surface area contributed by atoms with E-state index in [-0.39, 0.29) is 25.3 Å². The van der Waals surface area contributed by atoms with Crippen molar-refractivity contribution in [1.29, 1.82) is 0 Å². The van der Waals surface area contributed by atoms with Crippen LogP contribution < -0.4 is 5.32 Å². The molecule has 1 heterocycles. The molecule has 1 aromatic heterocycles. The molecule has 1 aromatic rings. The van der Waals surface area contributed by atoms with Gasteiger partial charge in [-0.1, -0.05) is 6.92 Å². The topological polar surface area (TPSA) is 70.3 Å². The van der Waals surface area contributed by atoms with E-state index in [0.717, 1.165) is 12.0 Å². The van der Waals surface area contributed by atoms with Gasteiger partial charge in [-0.25, -0.2) is 0 Å². The van der Waals surface area contributed by atoms with E-state index < -0.39 is 0 Å². The Bertz CT molecular complexity index is 284. The minimum atomic E-state index is -0.268. The van der Waals surface area contributed by atoms with Crippen LogP contribution in [0.25, 0.3) is 0 Å². The molecule has 5 nitrogen and oxygen atoms in total. The summed E-state index contributed by atoms with van der Waals surface area (Å²) >= 11 is 0. The van der Waals surface area contributed by atoms with Crippen molar-refractivity contribution >= 4 is 0 Å². The Labute approximate surface area is 89.7 Å². The Morgan fingerprint density at radius 3 is 2.53 bits per heavy atom. The molecule has 0 amide bonds. The lowest BCUT2D eigenvalue weighted by atomic mass is 10.1. The van der Waals surface area contributed by atoms with Crippen molar-refractivity contribution in [2.24, 2.45) is 7.05 Å². The number of aliphatic hydroxyl groups excluding tert-OH is 2. The highest BCUT2D eigenvalue weighted by molar-refractivity contribution is 5.10. The van der Waals surface area contributed by atoms with Crippen LogP contribution in [0.4, 0.5) is 0 Å². The highest BCUT2D eigenvalue weighted by Crippen LogP contribution is 2.15. The van der Waals surface area contributed by atoms with Crippen LogP contribution >= 0.6 is 0 Å². The average molecular weight is 213 g/mol. The van der Waals surface area contributed by atoms with Gasteiger partial charge in [0.1, 0.15) is 0 Å². The molecule has 0 aliphatic rings. The van der Waals surface area contributed by atoms with E-state index in [1.54, 1.807) is 10.9 Å². The highest BCUT2D eigenvalue weighted by atomic mass is 16.3. The fourth-order valence-electron chi connectivity index (χ4n) is 1.52. The van der Waals surface area contributed by atoms with Gasteiger partial charge in [-0.15, -0.1) is 0 Å². The van der Waals surface area contributed by atoms with Crippen molar-refractivity contribution in [2.45, 2.75) is 25.4 Å². The predicted octanol–water partition coefficient (Wildman–Crippen LogP) is -0.186. The van der Waals surface area contributed by atoms with Crippen LogP contribution in [0.5, 0.6) is 0 Å². The molecule has 1 rings (SSSR count). The molecule has 0 fully saturated rings. The summed E-state index contributed by atoms with van der Waals surface area (Å²) in [5, 5.41) is 25.2. The lowest BCUT2D eigenvalue weighted by Gasteiger charge is -2.21. The molecule has 0 bridgehead atoms. The molecule has 15 heavy (non-hydrogen) atoms. The zero-order valence-electron chi connectivity index (χ0n) is 9.22. The van der Waals surface area contributed by atoms with Crippen LogP contribution in [0.3, 0.4) is 0 Å². The highest BCUT2D eigenvalue weighted by Gasteiger charge is 2.15. The first kappa shape index (κ1) is 12.2. The average Bonchev–Trinajstić information content (AvgIpc) is 2.67. The normalized spacial score (nSPS) is 13.4. The molecule has 3 N–H and O–H groups in total. The summed E-state index contributed by atoms with van der Waals surface area (Å²) in [4.78, 5) is 0. The predicted molar refractivity (Wildman–Crippen MR) is 57.3 cm³/mol. The third kappa shape index (κ3) is 3.30. The Morgan fingerprint density at radius 1 is 1.47 bits per heavy atom. The number of aromatic nitrogens is 2. The van der Waals surface area contributed by atoms with Gasteiger partial charge in [0.05, 0.1) is 25.5 Å². The lowest BCUT2D eigenvalue weighted by Crippen LogP contribution is -2.38. The minimum absolute atomic E-state index is 0.0622. The van der Waals surface area contributed by atoms with Gasteiger partial charge >= 0.3 is 0 Å². The number of rotatable bonds is 6. The number of aryl methyl sites for hydroxylation is 1. The summed E-state index contributed by atoms with van der Waals surface area (Å²) in [5.74, 6) is 0. The van der Waals surface area contributed by atoms with Gasteiger partial charge in [0.25, 0.3) is 0 Å². The summed E-state index contributed by atoms with van der Waals surface area (Å²) < 4.78 is 1.74. The second kappa shape index (κ2) is 5.85. The summed E-state index contributed by atoms with van der Waals surface area (Å²) in [6.07, 6.45) is 4.63. The maximum Gasteiger partial charge on any atom is 0.0607 e. The van der Waals surface area contributed by atoms with Crippen molar-refractivity contribution in [1.82, 2.24) is 15.1 Å². The van der Waals surface area contributed by atoms with E-state index in [1.165, 1.54) is 0 Å². The number of hydrogen-bond acceptors (Lipinski definition) is 4. The number of nitrogens with zero attached hydrogens (tertiary/aromatic N) is 2. The van der Waals surface area contributed by atoms with Crippen LogP contribution in [0.15, 0.2) is 12.4 Å². The molecule has 0 aromatic carbocycles. The van der Waals surface area contributed by atoms with Crippen LogP contribution in [0, 0.1) is 0 Å². The molecular formula is C10H19N3O2. The smallest absolute Gasteiger partial charge is 0.0607 e. The van der Waals surface area contributed by atoms with Gasteiger partial charge in [-0.3, -0.25) is 4.68 Å². The first-order valence-corrected chi connectivity index (χ1v) is 5.17. The second-order valence-electron chi connectivity index (χ2n) is 3.64. The Kier molecular flexibility index (Phi) is 4.74. The van der Waals surface area contributed by atoms with Gasteiger partial charge in [0.15, 0.2) is 0 Å². The van der Waals surface area contributed by atoms with Crippen molar-refractivity contribution < 1.29 is 10.2 Å². The van der Waals surface area contributed by atoms with Crippen LogP contribution in [0.1, 0.15) is 24.9 Å². The standard InChI is InChI=1S/C10H19N3O2/c1-3-10(12-9(6-14)7-15)8-4-11-13(2)5-8/h4-5,9-10,12,14-15H,3,6-7H2,1-2H3. The Morgan fingerprint density at radius 2 is 2.13 bits per heavy atom. The Hall–Kier alpha value is -0.910. The monoisotopic (exact) mass is 213 g/mol. The SMILES string of the molecule is CCC(NC(CO)CO)c1cnn(C)c1. The minimum Gasteiger partial charge on any atom is -0.395 e. The third-order valence-electron chi connectivity index (χ3n) is 2.41. The first-order valence-electron chi connectivity index (χ1n) is 5.17. The molecule has 1 unspecified atom stereocenters. The molecule has 0 radical (unpaired) electrons. The zero-order chi connectivity index (χ0) is 11.3. The molecule has 0 aliphatic carbocycles. The zero-order valence-corrected chi connectivity index (χ0v) is 9.22. The van der Waals surface area contributed by atoms with Crippen molar-refractivity contribution in [3.05, 3.63) is 18.0 Å². The van der Waals surface area contributed by atoms with Gasteiger partial charge < -0.3 is 15.5 Å². The van der Waals surface area contributed by atoms with E-state index in [4.69, 9.17) is 10.2 Å². The van der Waals surface area contributed by atoms with Gasteiger partial charge in [0.2, 0.25) is 0 Å². The van der Waals surface area contributed by atoms with Crippen molar-refractivity contribution in [3.63, 3.8) is 0 Å². The Balaban J connectivity index is 2.63. The summed E-state index contributed by atoms with van der Waals surface area (Å²) in [6.45, 7) is 1.93. The molecule has 0 aliphatic heterocycles. The lowest BCUT2D eigenvalue weighted by molar-refractivity contribution is 0.161. The molecule has 1 atom stereocenters. The molecule has 0 spiro atoms. The second-order valence-corrected chi connectivity index (χ2v) is 3.64. The van der Waals surface area contributed by atoms with Crippen LogP contribution in [0.2, 0.25) is 0 Å². The molecule has 5 heteroatoms.